The standard InChI is InChI=1S/C42H77N5O12S2/c1-4-5-19-32(51)43-22-13-7-12-21-34(53)45-24-14-8-16-25-60-41-35(46-28(2)49)39(56)37(54)30(58-41)18-10-6-11-20-33(52)44-23-15-9-17-26-61-42-36(47-29(3)50)40(57)38(55)31(27-48)59-42/h30-31,35-42,48,54-57H,4-27H2,1-3H3,(H,43,51)(H,44,52)(H,45,53)(H,46,49)(H,47,50)/t30?,31?,35?,36?,37-,38-,39-,40-,41-,42-/m0/s1. The number of aliphatic hydroxyl groups is 5. The molecule has 10 atom stereocenters. The van der Waals surface area contributed by atoms with Gasteiger partial charge in [-0.1, -0.05) is 45.4 Å². The van der Waals surface area contributed by atoms with Crippen molar-refractivity contribution in [3.8, 4) is 0 Å². The van der Waals surface area contributed by atoms with Gasteiger partial charge in [0, 0.05) is 52.7 Å². The fourth-order valence-electron chi connectivity index (χ4n) is 7.20. The number of hydrogen-bond acceptors (Lipinski definition) is 14. The molecule has 2 saturated heterocycles. The highest BCUT2D eigenvalue weighted by molar-refractivity contribution is 8.00. The summed E-state index contributed by atoms with van der Waals surface area (Å²) in [6.07, 6.45) is 6.90. The summed E-state index contributed by atoms with van der Waals surface area (Å²) in [5.41, 5.74) is -1.16. The van der Waals surface area contributed by atoms with Crippen molar-refractivity contribution in [1.29, 1.82) is 0 Å². The van der Waals surface area contributed by atoms with Crippen molar-refractivity contribution in [2.45, 2.75) is 196 Å². The van der Waals surface area contributed by atoms with E-state index in [9.17, 15) is 49.5 Å². The fourth-order valence-corrected chi connectivity index (χ4v) is 9.72. The lowest BCUT2D eigenvalue weighted by molar-refractivity contribution is -0.173. The van der Waals surface area contributed by atoms with Crippen LogP contribution in [0.3, 0.4) is 0 Å². The smallest absolute Gasteiger partial charge is 0.219 e. The van der Waals surface area contributed by atoms with Crippen LogP contribution in [0.1, 0.15) is 136 Å². The summed E-state index contributed by atoms with van der Waals surface area (Å²) < 4.78 is 12.0. The minimum atomic E-state index is -1.31. The first-order valence-electron chi connectivity index (χ1n) is 22.5. The Labute approximate surface area is 371 Å². The van der Waals surface area contributed by atoms with E-state index in [-0.39, 0.29) is 29.5 Å². The van der Waals surface area contributed by atoms with Gasteiger partial charge >= 0.3 is 0 Å². The molecule has 2 heterocycles. The molecule has 4 unspecified atom stereocenters. The molecule has 0 aliphatic carbocycles. The molecule has 0 spiro atoms. The summed E-state index contributed by atoms with van der Waals surface area (Å²) in [7, 11) is 0. The zero-order valence-corrected chi connectivity index (χ0v) is 38.3. The molecule has 0 radical (unpaired) electrons. The summed E-state index contributed by atoms with van der Waals surface area (Å²) in [5.74, 6) is 0.774. The maximum atomic E-state index is 12.4. The van der Waals surface area contributed by atoms with Crippen molar-refractivity contribution >= 4 is 53.1 Å². The van der Waals surface area contributed by atoms with Crippen LogP contribution >= 0.6 is 23.5 Å². The summed E-state index contributed by atoms with van der Waals surface area (Å²) in [6, 6.07) is -1.56. The molecule has 17 nitrogen and oxygen atoms in total. The number of thioether (sulfide) groups is 2. The van der Waals surface area contributed by atoms with Gasteiger partial charge in [0.1, 0.15) is 41.4 Å². The van der Waals surface area contributed by atoms with Crippen LogP contribution in [0.15, 0.2) is 0 Å². The van der Waals surface area contributed by atoms with Gasteiger partial charge in [0.25, 0.3) is 0 Å². The molecule has 0 aromatic heterocycles. The Kier molecular flexibility index (Phi) is 29.2. The molecule has 10 N–H and O–H groups in total. The van der Waals surface area contributed by atoms with E-state index in [2.05, 4.69) is 33.5 Å². The van der Waals surface area contributed by atoms with E-state index >= 15 is 0 Å². The molecular formula is C42H77N5O12S2. The molecule has 19 heteroatoms. The quantitative estimate of drug-likeness (QED) is 0.0432. The number of nitrogens with one attached hydrogen (secondary N) is 5. The maximum Gasteiger partial charge on any atom is 0.219 e. The Bertz CT molecular complexity index is 1270. The molecule has 2 rings (SSSR count). The highest BCUT2D eigenvalue weighted by Gasteiger charge is 2.46. The van der Waals surface area contributed by atoms with Crippen LogP contribution in [-0.4, -0.2) is 152 Å². The number of aliphatic hydroxyl groups excluding tert-OH is 5. The molecular weight excluding hydrogens is 831 g/mol. The summed E-state index contributed by atoms with van der Waals surface area (Å²) in [6.45, 7) is 6.06. The van der Waals surface area contributed by atoms with Crippen LogP contribution in [0, 0.1) is 0 Å². The van der Waals surface area contributed by atoms with Crippen molar-refractivity contribution in [2.24, 2.45) is 0 Å². The van der Waals surface area contributed by atoms with Crippen molar-refractivity contribution < 1.29 is 59.0 Å². The van der Waals surface area contributed by atoms with Crippen LogP contribution in [0.2, 0.25) is 0 Å². The first kappa shape index (κ1) is 54.9. The van der Waals surface area contributed by atoms with Gasteiger partial charge in [-0.2, -0.15) is 0 Å². The lowest BCUT2D eigenvalue weighted by atomic mass is 9.94. The topological polar surface area (TPSA) is 265 Å². The van der Waals surface area contributed by atoms with E-state index in [0.29, 0.717) is 69.7 Å². The van der Waals surface area contributed by atoms with E-state index in [4.69, 9.17) is 9.47 Å². The summed E-state index contributed by atoms with van der Waals surface area (Å²) in [5, 5.41) is 66.1. The second-order valence-electron chi connectivity index (χ2n) is 16.1. The molecule has 0 bridgehead atoms. The fraction of sp³-hybridized carbons (Fsp3) is 0.881. The van der Waals surface area contributed by atoms with E-state index in [1.807, 2.05) is 0 Å². The summed E-state index contributed by atoms with van der Waals surface area (Å²) in [4.78, 5) is 59.8. The molecule has 0 aromatic carbocycles. The Hall–Kier alpha value is -2.23. The summed E-state index contributed by atoms with van der Waals surface area (Å²) >= 11 is 2.89. The van der Waals surface area contributed by atoms with Gasteiger partial charge in [-0.05, 0) is 69.3 Å². The monoisotopic (exact) mass is 908 g/mol. The van der Waals surface area contributed by atoms with Crippen LogP contribution in [0.25, 0.3) is 0 Å². The number of carbonyl (C=O) groups is 5. The Morgan fingerprint density at radius 3 is 1.33 bits per heavy atom. The van der Waals surface area contributed by atoms with Gasteiger partial charge in [0.2, 0.25) is 29.5 Å². The van der Waals surface area contributed by atoms with Gasteiger partial charge in [0.15, 0.2) is 0 Å². The highest BCUT2D eigenvalue weighted by Crippen LogP contribution is 2.32. The number of amides is 5. The Morgan fingerprint density at radius 1 is 0.508 bits per heavy atom. The van der Waals surface area contributed by atoms with Crippen LogP contribution < -0.4 is 26.6 Å². The van der Waals surface area contributed by atoms with Gasteiger partial charge in [-0.25, -0.2) is 0 Å². The molecule has 0 saturated carbocycles. The van der Waals surface area contributed by atoms with Crippen molar-refractivity contribution in [1.82, 2.24) is 26.6 Å². The van der Waals surface area contributed by atoms with E-state index in [1.54, 1.807) is 0 Å². The van der Waals surface area contributed by atoms with Gasteiger partial charge in [-0.15, -0.1) is 23.5 Å². The number of rotatable bonds is 32. The molecule has 61 heavy (non-hydrogen) atoms. The SMILES string of the molecule is CCCCC(=O)NCCCCCC(=O)NCCCCCS[C@@H]1OC(CCCCCC(=O)NCCCCCS[C@@H]2OC(CO)[C@H](O)[C@@H](O)C2NC(C)=O)[C@H](O)[C@@H](O)C1NC(C)=O. The third-order valence-corrected chi connectivity index (χ3v) is 13.2. The Morgan fingerprint density at radius 2 is 0.902 bits per heavy atom. The second-order valence-corrected chi connectivity index (χ2v) is 18.5. The molecule has 2 aliphatic heterocycles. The van der Waals surface area contributed by atoms with Gasteiger partial charge in [-0.3, -0.25) is 24.0 Å². The van der Waals surface area contributed by atoms with Gasteiger partial charge < -0.3 is 61.6 Å². The third-order valence-electron chi connectivity index (χ3n) is 10.7. The van der Waals surface area contributed by atoms with E-state index in [0.717, 1.165) is 77.0 Å². The van der Waals surface area contributed by atoms with Gasteiger partial charge in [0.05, 0.1) is 24.8 Å². The molecule has 0 aromatic rings. The predicted molar refractivity (Wildman–Crippen MR) is 236 cm³/mol. The molecule has 2 aliphatic rings. The van der Waals surface area contributed by atoms with E-state index in [1.165, 1.54) is 37.4 Å². The maximum absolute atomic E-state index is 12.4. The van der Waals surface area contributed by atoms with E-state index < -0.39 is 66.2 Å². The Balaban J connectivity index is 1.58. The molecule has 5 amide bonds. The first-order chi connectivity index (χ1) is 29.3. The highest BCUT2D eigenvalue weighted by atomic mass is 32.2. The predicted octanol–water partition coefficient (Wildman–Crippen LogP) is 1.74. The third kappa shape index (κ3) is 22.8. The average Bonchev–Trinajstić information content (AvgIpc) is 3.22. The van der Waals surface area contributed by atoms with Crippen molar-refractivity contribution in [2.75, 3.05) is 37.7 Å². The zero-order chi connectivity index (χ0) is 45.0. The number of unbranched alkanes of at least 4 members (excludes halogenated alkanes) is 9. The van der Waals surface area contributed by atoms with Crippen LogP contribution in [0.4, 0.5) is 0 Å². The second kappa shape index (κ2) is 32.4. The first-order valence-corrected chi connectivity index (χ1v) is 24.6. The molecule has 354 valence electrons. The average molecular weight is 908 g/mol. The lowest BCUT2D eigenvalue weighted by Crippen LogP contribution is -2.63. The minimum Gasteiger partial charge on any atom is -0.394 e. The van der Waals surface area contributed by atoms with Crippen molar-refractivity contribution in [3.05, 3.63) is 0 Å². The largest absolute Gasteiger partial charge is 0.394 e. The van der Waals surface area contributed by atoms with Crippen LogP contribution in [-0.2, 0) is 33.4 Å². The van der Waals surface area contributed by atoms with Crippen molar-refractivity contribution in [3.63, 3.8) is 0 Å². The number of carbonyl (C=O) groups excluding carboxylic acids is 5. The number of hydrogen-bond donors (Lipinski definition) is 10. The molecule has 2 fully saturated rings. The zero-order valence-electron chi connectivity index (χ0n) is 36.7. The minimum absolute atomic E-state index is 0.0318. The normalized spacial score (nSPS) is 26.3. The van der Waals surface area contributed by atoms with Crippen LogP contribution in [0.5, 0.6) is 0 Å². The number of ether oxygens (including phenoxy) is 2. The lowest BCUT2D eigenvalue weighted by Gasteiger charge is -2.43.